The van der Waals surface area contributed by atoms with Crippen molar-refractivity contribution < 1.29 is 14.0 Å². The van der Waals surface area contributed by atoms with Crippen LogP contribution < -0.4 is 5.32 Å². The number of rotatable bonds is 8. The number of amides is 1. The molecule has 0 saturated carbocycles. The molecule has 0 radical (unpaired) electrons. The van der Waals surface area contributed by atoms with Crippen molar-refractivity contribution in [3.63, 3.8) is 0 Å². The van der Waals surface area contributed by atoms with Gasteiger partial charge < -0.3 is 5.32 Å². The predicted molar refractivity (Wildman–Crippen MR) is 107 cm³/mol. The molecule has 3 aromatic rings. The number of Topliss-reactive ketones (excluding diaryl/α,β-unsaturated/α-hetero) is 1. The zero-order valence-electron chi connectivity index (χ0n) is 15.5. The molecule has 0 bridgehead atoms. The fourth-order valence-electron chi connectivity index (χ4n) is 3.06. The van der Waals surface area contributed by atoms with Gasteiger partial charge in [-0.2, -0.15) is 0 Å². The van der Waals surface area contributed by atoms with Gasteiger partial charge >= 0.3 is 0 Å². The van der Waals surface area contributed by atoms with Crippen LogP contribution in [0.1, 0.15) is 40.4 Å². The number of hydrogen-bond donors (Lipinski definition) is 1. The topological polar surface area (TPSA) is 46.2 Å². The first-order valence-electron chi connectivity index (χ1n) is 9.29. The van der Waals surface area contributed by atoms with Crippen molar-refractivity contribution in [2.45, 2.75) is 25.3 Å². The number of halogens is 1. The van der Waals surface area contributed by atoms with Crippen molar-refractivity contribution >= 4 is 11.7 Å². The summed E-state index contributed by atoms with van der Waals surface area (Å²) in [5.41, 5.74) is 2.56. The standard InChI is InChI=1S/C24H22FNO2/c25-21-13-11-20(12-14-21)23(27)15-16-24(28)26-22(19-9-5-2-6-10-19)17-18-7-3-1-4-8-18/h1-14,22H,15-17H2,(H,26,28)/t22-/m1/s1. The fourth-order valence-corrected chi connectivity index (χ4v) is 3.06. The Hall–Kier alpha value is -3.27. The summed E-state index contributed by atoms with van der Waals surface area (Å²) in [6.45, 7) is 0. The maximum atomic E-state index is 13.0. The van der Waals surface area contributed by atoms with Gasteiger partial charge in [0, 0.05) is 18.4 Å². The van der Waals surface area contributed by atoms with Crippen molar-refractivity contribution in [3.8, 4) is 0 Å². The van der Waals surface area contributed by atoms with Crippen molar-refractivity contribution in [3.05, 3.63) is 107 Å². The first kappa shape index (κ1) is 19.5. The van der Waals surface area contributed by atoms with Gasteiger partial charge in [0.15, 0.2) is 5.78 Å². The van der Waals surface area contributed by atoms with Crippen LogP contribution in [0.2, 0.25) is 0 Å². The van der Waals surface area contributed by atoms with Crippen LogP contribution in [-0.2, 0) is 11.2 Å². The maximum Gasteiger partial charge on any atom is 0.220 e. The summed E-state index contributed by atoms with van der Waals surface area (Å²) in [6, 6.07) is 25.0. The number of carbonyl (C=O) groups excluding carboxylic acids is 2. The van der Waals surface area contributed by atoms with Gasteiger partial charge in [-0.3, -0.25) is 9.59 Å². The van der Waals surface area contributed by atoms with E-state index in [9.17, 15) is 14.0 Å². The molecule has 0 fully saturated rings. The Morgan fingerprint density at radius 3 is 2.04 bits per heavy atom. The number of ketones is 1. The molecule has 1 amide bonds. The minimum absolute atomic E-state index is 0.0876. The van der Waals surface area contributed by atoms with Crippen molar-refractivity contribution in [2.24, 2.45) is 0 Å². The van der Waals surface area contributed by atoms with E-state index >= 15 is 0 Å². The summed E-state index contributed by atoms with van der Waals surface area (Å²) in [6.07, 6.45) is 0.848. The molecule has 142 valence electrons. The zero-order valence-corrected chi connectivity index (χ0v) is 15.5. The second-order valence-electron chi connectivity index (χ2n) is 6.65. The third-order valence-electron chi connectivity index (χ3n) is 4.57. The summed E-state index contributed by atoms with van der Waals surface area (Å²) in [7, 11) is 0. The lowest BCUT2D eigenvalue weighted by Gasteiger charge is -2.19. The highest BCUT2D eigenvalue weighted by atomic mass is 19.1. The summed E-state index contributed by atoms with van der Waals surface area (Å²) in [4.78, 5) is 24.7. The molecule has 0 heterocycles. The lowest BCUT2D eigenvalue weighted by Crippen LogP contribution is -2.30. The largest absolute Gasteiger partial charge is 0.349 e. The normalized spacial score (nSPS) is 11.6. The second-order valence-corrected chi connectivity index (χ2v) is 6.65. The van der Waals surface area contributed by atoms with Gasteiger partial charge in [-0.25, -0.2) is 4.39 Å². The van der Waals surface area contributed by atoms with E-state index in [1.807, 2.05) is 60.7 Å². The van der Waals surface area contributed by atoms with E-state index in [2.05, 4.69) is 5.32 Å². The molecule has 28 heavy (non-hydrogen) atoms. The molecule has 0 aromatic heterocycles. The van der Waals surface area contributed by atoms with Crippen LogP contribution in [0, 0.1) is 5.82 Å². The number of nitrogens with one attached hydrogen (secondary N) is 1. The SMILES string of the molecule is O=C(CCC(=O)c1ccc(F)cc1)N[C@H](Cc1ccccc1)c1ccccc1. The molecule has 1 N–H and O–H groups in total. The fraction of sp³-hybridized carbons (Fsp3) is 0.167. The molecule has 3 nitrogen and oxygen atoms in total. The Kier molecular flexibility index (Phi) is 6.68. The monoisotopic (exact) mass is 375 g/mol. The number of hydrogen-bond acceptors (Lipinski definition) is 2. The van der Waals surface area contributed by atoms with Crippen LogP contribution in [0.5, 0.6) is 0 Å². The Morgan fingerprint density at radius 1 is 0.786 bits per heavy atom. The quantitative estimate of drug-likeness (QED) is 0.570. The van der Waals surface area contributed by atoms with Crippen molar-refractivity contribution in [1.29, 1.82) is 0 Å². The van der Waals surface area contributed by atoms with Gasteiger partial charge in [0.05, 0.1) is 6.04 Å². The Balaban J connectivity index is 1.62. The van der Waals surface area contributed by atoms with Gasteiger partial charge in [0.25, 0.3) is 0 Å². The minimum atomic E-state index is -0.388. The van der Waals surface area contributed by atoms with Crippen molar-refractivity contribution in [1.82, 2.24) is 5.32 Å². The van der Waals surface area contributed by atoms with Gasteiger partial charge in [-0.1, -0.05) is 60.7 Å². The van der Waals surface area contributed by atoms with Crippen LogP contribution in [0.25, 0.3) is 0 Å². The summed E-state index contributed by atoms with van der Waals surface area (Å²) in [5.74, 6) is -0.740. The van der Waals surface area contributed by atoms with E-state index in [1.54, 1.807) is 0 Å². The molecule has 4 heteroatoms. The third-order valence-corrected chi connectivity index (χ3v) is 4.57. The number of benzene rings is 3. The summed E-state index contributed by atoms with van der Waals surface area (Å²) in [5, 5.41) is 3.05. The van der Waals surface area contributed by atoms with Gasteiger partial charge in [0.1, 0.15) is 5.82 Å². The average Bonchev–Trinajstić information content (AvgIpc) is 2.73. The van der Waals surface area contributed by atoms with Gasteiger partial charge in [-0.15, -0.1) is 0 Å². The molecule has 0 saturated heterocycles. The van der Waals surface area contributed by atoms with E-state index in [0.717, 1.165) is 11.1 Å². The third kappa shape index (κ3) is 5.61. The van der Waals surface area contributed by atoms with Crippen molar-refractivity contribution in [2.75, 3.05) is 0 Å². The van der Waals surface area contributed by atoms with Crippen LogP contribution in [0.15, 0.2) is 84.9 Å². The average molecular weight is 375 g/mol. The Bertz CT molecular complexity index is 908. The lowest BCUT2D eigenvalue weighted by molar-refractivity contribution is -0.121. The first-order chi connectivity index (χ1) is 13.6. The van der Waals surface area contributed by atoms with Gasteiger partial charge in [-0.05, 0) is 41.8 Å². The Labute approximate surface area is 164 Å². The molecule has 0 aliphatic heterocycles. The molecule has 3 rings (SSSR count). The molecule has 0 aliphatic carbocycles. The molecular weight excluding hydrogens is 353 g/mol. The van der Waals surface area contributed by atoms with Gasteiger partial charge in [0.2, 0.25) is 5.91 Å². The van der Waals surface area contributed by atoms with Crippen LogP contribution in [0.4, 0.5) is 4.39 Å². The molecule has 1 atom stereocenters. The van der Waals surface area contributed by atoms with Crippen LogP contribution in [-0.4, -0.2) is 11.7 Å². The minimum Gasteiger partial charge on any atom is -0.349 e. The molecule has 0 unspecified atom stereocenters. The first-order valence-corrected chi connectivity index (χ1v) is 9.29. The van der Waals surface area contributed by atoms with E-state index in [-0.39, 0.29) is 36.4 Å². The second kappa shape index (κ2) is 9.60. The van der Waals surface area contributed by atoms with Crippen LogP contribution in [0.3, 0.4) is 0 Å². The van der Waals surface area contributed by atoms with E-state index in [1.165, 1.54) is 24.3 Å². The van der Waals surface area contributed by atoms with E-state index in [0.29, 0.717) is 12.0 Å². The molecular formula is C24H22FNO2. The highest BCUT2D eigenvalue weighted by Gasteiger charge is 2.16. The predicted octanol–water partition coefficient (Wildman–Crippen LogP) is 4.89. The van der Waals surface area contributed by atoms with E-state index in [4.69, 9.17) is 0 Å². The Morgan fingerprint density at radius 2 is 1.39 bits per heavy atom. The highest BCUT2D eigenvalue weighted by Crippen LogP contribution is 2.19. The van der Waals surface area contributed by atoms with E-state index < -0.39 is 0 Å². The molecule has 0 aliphatic rings. The number of carbonyl (C=O) groups is 2. The lowest BCUT2D eigenvalue weighted by atomic mass is 9.98. The maximum absolute atomic E-state index is 13.0. The zero-order chi connectivity index (χ0) is 19.8. The van der Waals surface area contributed by atoms with Crippen LogP contribution >= 0.6 is 0 Å². The molecule has 3 aromatic carbocycles. The molecule has 0 spiro atoms. The highest BCUT2D eigenvalue weighted by molar-refractivity contribution is 5.97. The summed E-state index contributed by atoms with van der Waals surface area (Å²) >= 11 is 0. The summed E-state index contributed by atoms with van der Waals surface area (Å²) < 4.78 is 13.0. The smallest absolute Gasteiger partial charge is 0.220 e.